The van der Waals surface area contributed by atoms with Crippen LogP contribution in [0.4, 0.5) is 0 Å². The summed E-state index contributed by atoms with van der Waals surface area (Å²) >= 11 is 0. The SMILES string of the molecule is CCn1cc(-c2cnc3c(n2)c(C(=O)C(C)(C)C)cn3COCC[Si](C)(C)C)c2ccccc21. The highest BCUT2D eigenvalue weighted by molar-refractivity contribution is 6.76. The van der Waals surface area contributed by atoms with Crippen molar-refractivity contribution >= 4 is 35.9 Å². The Balaban J connectivity index is 1.79. The lowest BCUT2D eigenvalue weighted by molar-refractivity contribution is 0.0849. The zero-order valence-corrected chi connectivity index (χ0v) is 22.5. The molecule has 4 aromatic rings. The fraction of sp³-hybridized carbons (Fsp3) is 0.444. The average Bonchev–Trinajstić information content (AvgIpc) is 3.33. The van der Waals surface area contributed by atoms with Gasteiger partial charge in [-0.2, -0.15) is 0 Å². The molecular formula is C27H36N4O2Si. The summed E-state index contributed by atoms with van der Waals surface area (Å²) in [5, 5.41) is 1.14. The number of carbonyl (C=O) groups excluding carboxylic acids is 1. The molecule has 3 aromatic heterocycles. The van der Waals surface area contributed by atoms with E-state index in [0.29, 0.717) is 30.1 Å². The number of aromatic nitrogens is 4. The predicted molar refractivity (Wildman–Crippen MR) is 142 cm³/mol. The van der Waals surface area contributed by atoms with Gasteiger partial charge in [0.05, 0.1) is 17.5 Å². The minimum absolute atomic E-state index is 0.0563. The second-order valence-corrected chi connectivity index (χ2v) is 16.8. The van der Waals surface area contributed by atoms with Crippen LogP contribution >= 0.6 is 0 Å². The smallest absolute Gasteiger partial charge is 0.171 e. The second kappa shape index (κ2) is 9.11. The zero-order valence-electron chi connectivity index (χ0n) is 21.5. The van der Waals surface area contributed by atoms with Gasteiger partial charge in [0.2, 0.25) is 0 Å². The van der Waals surface area contributed by atoms with Crippen LogP contribution < -0.4 is 0 Å². The lowest BCUT2D eigenvalue weighted by Crippen LogP contribution is -2.22. The van der Waals surface area contributed by atoms with E-state index in [-0.39, 0.29) is 5.78 Å². The number of benzene rings is 1. The number of para-hydroxylation sites is 1. The van der Waals surface area contributed by atoms with E-state index in [2.05, 4.69) is 55.5 Å². The molecule has 0 bridgehead atoms. The molecule has 6 nitrogen and oxygen atoms in total. The summed E-state index contributed by atoms with van der Waals surface area (Å²) < 4.78 is 10.1. The Labute approximate surface area is 203 Å². The first-order valence-corrected chi connectivity index (χ1v) is 15.8. The molecule has 0 aliphatic carbocycles. The number of hydrogen-bond acceptors (Lipinski definition) is 4. The van der Waals surface area contributed by atoms with E-state index in [0.717, 1.165) is 29.2 Å². The monoisotopic (exact) mass is 476 g/mol. The second-order valence-electron chi connectivity index (χ2n) is 11.2. The summed E-state index contributed by atoms with van der Waals surface area (Å²) in [5.74, 6) is 0.0563. The Hall–Kier alpha value is -2.77. The maximum Gasteiger partial charge on any atom is 0.171 e. The molecule has 0 unspecified atom stereocenters. The van der Waals surface area contributed by atoms with Crippen LogP contribution in [0.25, 0.3) is 33.3 Å². The summed E-state index contributed by atoms with van der Waals surface area (Å²) in [6.45, 7) is 16.9. The molecule has 0 aliphatic heterocycles. The number of ketones is 1. The lowest BCUT2D eigenvalue weighted by Gasteiger charge is -2.16. The zero-order chi connectivity index (χ0) is 24.7. The van der Waals surface area contributed by atoms with Crippen molar-refractivity contribution in [2.45, 2.75) is 66.7 Å². The highest BCUT2D eigenvalue weighted by atomic mass is 28.3. The third-order valence-corrected chi connectivity index (χ3v) is 7.83. The van der Waals surface area contributed by atoms with Gasteiger partial charge in [-0.05, 0) is 19.0 Å². The van der Waals surface area contributed by atoms with E-state index < -0.39 is 13.5 Å². The van der Waals surface area contributed by atoms with E-state index in [4.69, 9.17) is 14.7 Å². The van der Waals surface area contributed by atoms with Crippen LogP contribution in [-0.4, -0.2) is 39.6 Å². The molecule has 0 radical (unpaired) electrons. The average molecular weight is 477 g/mol. The molecule has 180 valence electrons. The first-order chi connectivity index (χ1) is 16.0. The van der Waals surface area contributed by atoms with Crippen molar-refractivity contribution in [1.82, 2.24) is 19.1 Å². The van der Waals surface area contributed by atoms with Gasteiger partial charge >= 0.3 is 0 Å². The Morgan fingerprint density at radius 2 is 1.82 bits per heavy atom. The molecule has 4 rings (SSSR count). The van der Waals surface area contributed by atoms with Gasteiger partial charge in [-0.25, -0.2) is 9.97 Å². The van der Waals surface area contributed by atoms with Crippen LogP contribution in [0.3, 0.4) is 0 Å². The minimum atomic E-state index is -1.17. The molecule has 0 aliphatic rings. The summed E-state index contributed by atoms with van der Waals surface area (Å²) in [6, 6.07) is 9.42. The Kier molecular flexibility index (Phi) is 6.53. The molecule has 1 aromatic carbocycles. The fourth-order valence-electron chi connectivity index (χ4n) is 4.10. The maximum atomic E-state index is 13.3. The molecular weight excluding hydrogens is 440 g/mol. The topological polar surface area (TPSA) is 61.9 Å². The van der Waals surface area contributed by atoms with Crippen LogP contribution in [0.15, 0.2) is 42.9 Å². The predicted octanol–water partition coefficient (Wildman–Crippen LogP) is 6.61. The molecule has 34 heavy (non-hydrogen) atoms. The lowest BCUT2D eigenvalue weighted by atomic mass is 9.87. The first kappa shape index (κ1) is 24.4. The first-order valence-electron chi connectivity index (χ1n) is 12.1. The van der Waals surface area contributed by atoms with Crippen LogP contribution in [0.5, 0.6) is 0 Å². The fourth-order valence-corrected chi connectivity index (χ4v) is 4.86. The molecule has 0 spiro atoms. The third kappa shape index (κ3) is 4.86. The number of ether oxygens (including phenoxy) is 1. The minimum Gasteiger partial charge on any atom is -0.361 e. The van der Waals surface area contributed by atoms with Gasteiger partial charge in [-0.3, -0.25) is 4.79 Å². The Bertz CT molecular complexity index is 1340. The highest BCUT2D eigenvalue weighted by Gasteiger charge is 2.28. The van der Waals surface area contributed by atoms with Crippen molar-refractivity contribution < 1.29 is 9.53 Å². The molecule has 7 heteroatoms. The summed E-state index contributed by atoms with van der Waals surface area (Å²) in [4.78, 5) is 23.1. The van der Waals surface area contributed by atoms with Crippen molar-refractivity contribution in [3.8, 4) is 11.3 Å². The van der Waals surface area contributed by atoms with Crippen LogP contribution in [0.2, 0.25) is 25.7 Å². The van der Waals surface area contributed by atoms with E-state index in [1.807, 2.05) is 43.8 Å². The number of rotatable bonds is 8. The Morgan fingerprint density at radius 1 is 1.09 bits per heavy atom. The number of nitrogens with zero attached hydrogens (tertiary/aromatic N) is 4. The standard InChI is InChI=1S/C27H36N4O2Si/c1-8-30-16-20(19-11-9-10-12-23(19)30)22-15-28-26-24(29-22)21(25(32)27(2,3)4)17-31(26)18-33-13-14-34(5,6)7/h9-12,15-17H,8,13-14,18H2,1-7H3. The molecule has 0 N–H and O–H groups in total. The maximum absolute atomic E-state index is 13.3. The highest BCUT2D eigenvalue weighted by Crippen LogP contribution is 2.32. The molecule has 0 atom stereocenters. The van der Waals surface area contributed by atoms with E-state index in [1.165, 1.54) is 5.52 Å². The van der Waals surface area contributed by atoms with Crippen LogP contribution in [-0.2, 0) is 18.0 Å². The molecule has 0 amide bonds. The molecule has 0 saturated carbocycles. The number of Topliss-reactive ketones (excluding diaryl/α,β-unsaturated/α-hetero) is 1. The van der Waals surface area contributed by atoms with E-state index in [1.54, 1.807) is 0 Å². The van der Waals surface area contributed by atoms with Crippen LogP contribution in [0, 0.1) is 5.41 Å². The summed E-state index contributed by atoms with van der Waals surface area (Å²) in [6.07, 6.45) is 5.81. The summed E-state index contributed by atoms with van der Waals surface area (Å²) in [7, 11) is -1.17. The van der Waals surface area contributed by atoms with E-state index >= 15 is 0 Å². The van der Waals surface area contributed by atoms with Crippen molar-refractivity contribution in [2.75, 3.05) is 6.61 Å². The van der Waals surface area contributed by atoms with Crippen molar-refractivity contribution in [1.29, 1.82) is 0 Å². The van der Waals surface area contributed by atoms with Crippen molar-refractivity contribution in [2.24, 2.45) is 5.41 Å². The molecule has 0 saturated heterocycles. The normalized spacial score (nSPS) is 12.7. The van der Waals surface area contributed by atoms with Gasteiger partial charge < -0.3 is 13.9 Å². The van der Waals surface area contributed by atoms with Gasteiger partial charge in [0, 0.05) is 55.5 Å². The quantitative estimate of drug-likeness (QED) is 0.163. The third-order valence-electron chi connectivity index (χ3n) is 6.12. The number of hydrogen-bond donors (Lipinski definition) is 0. The summed E-state index contributed by atoms with van der Waals surface area (Å²) in [5.41, 5.74) is 4.37. The molecule has 0 fully saturated rings. The van der Waals surface area contributed by atoms with E-state index in [9.17, 15) is 4.79 Å². The van der Waals surface area contributed by atoms with Gasteiger partial charge in [0.1, 0.15) is 12.2 Å². The largest absolute Gasteiger partial charge is 0.361 e. The van der Waals surface area contributed by atoms with Crippen molar-refractivity contribution in [3.05, 3.63) is 48.4 Å². The number of carbonyl (C=O) groups is 1. The Morgan fingerprint density at radius 3 is 2.50 bits per heavy atom. The van der Waals surface area contributed by atoms with Crippen LogP contribution in [0.1, 0.15) is 38.1 Å². The number of aryl methyl sites for hydroxylation is 1. The number of fused-ring (bicyclic) bond motifs is 2. The van der Waals surface area contributed by atoms with Gasteiger partial charge in [-0.1, -0.05) is 58.6 Å². The van der Waals surface area contributed by atoms with Gasteiger partial charge in [-0.15, -0.1) is 0 Å². The van der Waals surface area contributed by atoms with Crippen molar-refractivity contribution in [3.63, 3.8) is 0 Å². The van der Waals surface area contributed by atoms with Gasteiger partial charge in [0.25, 0.3) is 0 Å². The molecule has 3 heterocycles. The van der Waals surface area contributed by atoms with Gasteiger partial charge in [0.15, 0.2) is 11.4 Å².